The number of nitrogens with one attached hydrogen (secondary N) is 2. The zero-order valence-corrected chi connectivity index (χ0v) is 16.1. The van der Waals surface area contributed by atoms with Crippen LogP contribution in [0.1, 0.15) is 0 Å². The first-order chi connectivity index (χ1) is 12.7. The predicted molar refractivity (Wildman–Crippen MR) is 108 cm³/mol. The number of amides is 1. The summed E-state index contributed by atoms with van der Waals surface area (Å²) < 4.78 is 5.21. The molecule has 1 fully saturated rings. The van der Waals surface area contributed by atoms with Crippen molar-refractivity contribution in [1.29, 1.82) is 0 Å². The topological polar surface area (TPSA) is 46.0 Å². The van der Waals surface area contributed by atoms with Crippen molar-refractivity contribution in [2.75, 3.05) is 56.3 Å². The lowest BCUT2D eigenvalue weighted by Gasteiger charge is -2.33. The summed E-state index contributed by atoms with van der Waals surface area (Å²) in [5.74, 6) is 0.958. The Balaban J connectivity index is 1.49. The number of ether oxygens (including phenoxy) is 1. The molecule has 0 saturated carbocycles. The molecule has 2 N–H and O–H groups in total. The summed E-state index contributed by atoms with van der Waals surface area (Å²) >= 11 is 1.65. The van der Waals surface area contributed by atoms with E-state index < -0.39 is 0 Å². The maximum Gasteiger partial charge on any atom is 0.279 e. The minimum Gasteiger partial charge on any atom is -0.497 e. The highest BCUT2D eigenvalue weighted by atomic mass is 32.2. The van der Waals surface area contributed by atoms with E-state index in [2.05, 4.69) is 22.3 Å². The smallest absolute Gasteiger partial charge is 0.279 e. The van der Waals surface area contributed by atoms with Gasteiger partial charge in [-0.05, 0) is 42.7 Å². The molecule has 0 aromatic heterocycles. The molecular weight excluding hydrogens is 346 g/mol. The van der Waals surface area contributed by atoms with Crippen molar-refractivity contribution in [3.05, 3.63) is 48.5 Å². The number of para-hydroxylation sites is 1. The molecule has 2 aromatic carbocycles. The summed E-state index contributed by atoms with van der Waals surface area (Å²) in [5.41, 5.74) is 2.12. The van der Waals surface area contributed by atoms with Crippen LogP contribution in [-0.2, 0) is 4.79 Å². The fraction of sp³-hybridized carbons (Fsp3) is 0.350. The average molecular weight is 373 g/mol. The fourth-order valence-electron chi connectivity index (χ4n) is 3.22. The van der Waals surface area contributed by atoms with Crippen LogP contribution < -0.4 is 19.9 Å². The molecule has 138 valence electrons. The average Bonchev–Trinajstić information content (AvgIpc) is 2.69. The van der Waals surface area contributed by atoms with Gasteiger partial charge in [-0.2, -0.15) is 0 Å². The van der Waals surface area contributed by atoms with Gasteiger partial charge in [-0.25, -0.2) is 0 Å². The summed E-state index contributed by atoms with van der Waals surface area (Å²) in [4.78, 5) is 17.2. The highest BCUT2D eigenvalue weighted by Gasteiger charge is 2.22. The van der Waals surface area contributed by atoms with Gasteiger partial charge in [-0.3, -0.25) is 4.79 Å². The molecule has 0 aliphatic carbocycles. The van der Waals surface area contributed by atoms with Gasteiger partial charge in [0.15, 0.2) is 6.54 Å². The number of hydrogen-bond acceptors (Lipinski definition) is 4. The van der Waals surface area contributed by atoms with Crippen LogP contribution in [0.15, 0.2) is 53.4 Å². The Labute approximate surface area is 159 Å². The highest BCUT2D eigenvalue weighted by Crippen LogP contribution is 2.24. The molecule has 6 heteroatoms. The minimum atomic E-state index is 0.0828. The molecule has 1 aliphatic heterocycles. The van der Waals surface area contributed by atoms with E-state index >= 15 is 0 Å². The first-order valence-electron chi connectivity index (χ1n) is 8.85. The second-order valence-electron chi connectivity index (χ2n) is 6.36. The lowest BCUT2D eigenvalue weighted by Crippen LogP contribution is -3.15. The van der Waals surface area contributed by atoms with Gasteiger partial charge in [-0.1, -0.05) is 12.1 Å². The zero-order valence-electron chi connectivity index (χ0n) is 15.3. The zero-order chi connectivity index (χ0) is 18.4. The van der Waals surface area contributed by atoms with Crippen molar-refractivity contribution in [2.24, 2.45) is 0 Å². The Bertz CT molecular complexity index is 728. The lowest BCUT2D eigenvalue weighted by atomic mass is 10.2. The molecule has 5 nitrogen and oxygen atoms in total. The summed E-state index contributed by atoms with van der Waals surface area (Å²) in [6, 6.07) is 16.1. The van der Waals surface area contributed by atoms with E-state index in [9.17, 15) is 4.79 Å². The number of thioether (sulfide) groups is 1. The number of benzene rings is 2. The summed E-state index contributed by atoms with van der Waals surface area (Å²) in [7, 11) is 1.68. The molecule has 0 atom stereocenters. The Morgan fingerprint density at radius 1 is 1.15 bits per heavy atom. The molecule has 1 saturated heterocycles. The first-order valence-corrected chi connectivity index (χ1v) is 10.1. The Morgan fingerprint density at radius 2 is 1.85 bits per heavy atom. The number of anilines is 2. The minimum absolute atomic E-state index is 0.0828. The van der Waals surface area contributed by atoms with E-state index in [4.69, 9.17) is 4.74 Å². The van der Waals surface area contributed by atoms with Crippen molar-refractivity contribution >= 4 is 29.0 Å². The Hall–Kier alpha value is -2.18. The summed E-state index contributed by atoms with van der Waals surface area (Å²) in [6.07, 6.45) is 2.02. The molecule has 3 rings (SSSR count). The molecule has 1 heterocycles. The second-order valence-corrected chi connectivity index (χ2v) is 7.21. The Kier molecular flexibility index (Phi) is 6.41. The normalized spacial score (nSPS) is 14.9. The standard InChI is InChI=1S/C20H25N3O2S/c1-25-17-9-7-16(8-10-17)23-13-11-22(12-14-23)15-20(24)21-18-5-3-4-6-19(18)26-2/h3-10H,11-15H2,1-2H3,(H,21,24)/p+1. The quantitative estimate of drug-likeness (QED) is 0.759. The van der Waals surface area contributed by atoms with Gasteiger partial charge >= 0.3 is 0 Å². The number of rotatable bonds is 6. The molecule has 0 unspecified atom stereocenters. The molecule has 26 heavy (non-hydrogen) atoms. The van der Waals surface area contributed by atoms with Crippen LogP contribution >= 0.6 is 11.8 Å². The number of piperazine rings is 1. The fourth-order valence-corrected chi connectivity index (χ4v) is 3.77. The van der Waals surface area contributed by atoms with Gasteiger partial charge in [0.05, 0.1) is 39.0 Å². The van der Waals surface area contributed by atoms with Gasteiger partial charge in [0.1, 0.15) is 5.75 Å². The van der Waals surface area contributed by atoms with Crippen LogP contribution in [0, 0.1) is 0 Å². The van der Waals surface area contributed by atoms with Crippen molar-refractivity contribution < 1.29 is 14.4 Å². The van der Waals surface area contributed by atoms with Crippen molar-refractivity contribution in [3.63, 3.8) is 0 Å². The summed E-state index contributed by atoms with van der Waals surface area (Å²) in [6.45, 7) is 4.35. The van der Waals surface area contributed by atoms with Gasteiger partial charge in [0.25, 0.3) is 5.91 Å². The Morgan fingerprint density at radius 3 is 2.50 bits per heavy atom. The second kappa shape index (κ2) is 8.96. The van der Waals surface area contributed by atoms with Crippen LogP contribution in [0.5, 0.6) is 5.75 Å². The number of methoxy groups -OCH3 is 1. The van der Waals surface area contributed by atoms with Crippen LogP contribution in [0.2, 0.25) is 0 Å². The maximum atomic E-state index is 12.4. The van der Waals surface area contributed by atoms with E-state index in [1.54, 1.807) is 18.9 Å². The molecular formula is C20H26N3O2S+. The third-order valence-electron chi connectivity index (χ3n) is 4.70. The maximum absolute atomic E-state index is 12.4. The number of quaternary nitrogens is 1. The van der Waals surface area contributed by atoms with Crippen molar-refractivity contribution in [3.8, 4) is 5.75 Å². The predicted octanol–water partition coefficient (Wildman–Crippen LogP) is 1.76. The van der Waals surface area contributed by atoms with E-state index in [0.29, 0.717) is 6.54 Å². The third kappa shape index (κ3) is 4.71. The molecule has 1 aliphatic rings. The van der Waals surface area contributed by atoms with Crippen LogP contribution in [-0.4, -0.2) is 52.0 Å². The van der Waals surface area contributed by atoms with Gasteiger partial charge < -0.3 is 19.9 Å². The van der Waals surface area contributed by atoms with Crippen LogP contribution in [0.3, 0.4) is 0 Å². The number of carbonyl (C=O) groups excluding carboxylic acids is 1. The van der Waals surface area contributed by atoms with E-state index in [1.165, 1.54) is 10.6 Å². The molecule has 0 spiro atoms. The number of carbonyl (C=O) groups is 1. The molecule has 1 amide bonds. The lowest BCUT2D eigenvalue weighted by molar-refractivity contribution is -0.892. The van der Waals surface area contributed by atoms with E-state index in [1.807, 2.05) is 42.7 Å². The third-order valence-corrected chi connectivity index (χ3v) is 5.50. The molecule has 2 aromatic rings. The van der Waals surface area contributed by atoms with Crippen molar-refractivity contribution in [1.82, 2.24) is 0 Å². The van der Waals surface area contributed by atoms with E-state index in [0.717, 1.165) is 42.5 Å². The first kappa shape index (κ1) is 18.6. The van der Waals surface area contributed by atoms with Gasteiger partial charge in [0.2, 0.25) is 0 Å². The number of nitrogens with zero attached hydrogens (tertiary/aromatic N) is 1. The number of hydrogen-bond donors (Lipinski definition) is 2. The molecule has 0 radical (unpaired) electrons. The monoisotopic (exact) mass is 372 g/mol. The van der Waals surface area contributed by atoms with Crippen LogP contribution in [0.25, 0.3) is 0 Å². The summed E-state index contributed by atoms with van der Waals surface area (Å²) in [5, 5.41) is 3.06. The van der Waals surface area contributed by atoms with Gasteiger partial charge in [-0.15, -0.1) is 11.8 Å². The largest absolute Gasteiger partial charge is 0.497 e. The van der Waals surface area contributed by atoms with E-state index in [-0.39, 0.29) is 5.91 Å². The highest BCUT2D eigenvalue weighted by molar-refractivity contribution is 7.98. The molecule has 0 bridgehead atoms. The SMILES string of the molecule is COc1ccc(N2CC[NH+](CC(=O)Nc3ccccc3SC)CC2)cc1. The van der Waals surface area contributed by atoms with Crippen molar-refractivity contribution in [2.45, 2.75) is 4.90 Å². The van der Waals surface area contributed by atoms with Gasteiger partial charge in [0, 0.05) is 10.6 Å². The van der Waals surface area contributed by atoms with Crippen LogP contribution in [0.4, 0.5) is 11.4 Å².